The Bertz CT molecular complexity index is 946. The first-order chi connectivity index (χ1) is 19.7. The minimum absolute atomic E-state index is 0.0268. The third-order valence-electron chi connectivity index (χ3n) is 10.1. The third kappa shape index (κ3) is 11.0. The maximum atomic E-state index is 13.5. The topological polar surface area (TPSA) is 108 Å². The molecule has 0 aromatic rings. The summed E-state index contributed by atoms with van der Waals surface area (Å²) in [5.41, 5.74) is -0.909. The number of esters is 2. The van der Waals surface area contributed by atoms with Crippen molar-refractivity contribution >= 4 is 37.8 Å². The zero-order valence-corrected chi connectivity index (χ0v) is 30.2. The van der Waals surface area contributed by atoms with Crippen molar-refractivity contribution in [1.29, 1.82) is 0 Å². The predicted octanol–water partition coefficient (Wildman–Crippen LogP) is 7.75. The molecule has 1 heterocycles. The second kappa shape index (κ2) is 15.4. The summed E-state index contributed by atoms with van der Waals surface area (Å²) < 4.78 is 25.0. The Labute approximate surface area is 266 Å². The van der Waals surface area contributed by atoms with E-state index in [4.69, 9.17) is 30.2 Å². The molecule has 1 aliphatic carbocycles. The van der Waals surface area contributed by atoms with E-state index >= 15 is 0 Å². The van der Waals surface area contributed by atoms with Crippen molar-refractivity contribution in [2.24, 2.45) is 23.2 Å². The van der Waals surface area contributed by atoms with E-state index in [1.165, 1.54) is 6.42 Å². The Balaban J connectivity index is 2.29. The number of carboxylic acids is 1. The van der Waals surface area contributed by atoms with Gasteiger partial charge in [-0.15, -0.1) is 11.6 Å². The maximum absolute atomic E-state index is 13.5. The van der Waals surface area contributed by atoms with Crippen LogP contribution in [0.25, 0.3) is 0 Å². The number of carbonyl (C=O) groups excluding carboxylic acids is 2. The van der Waals surface area contributed by atoms with Gasteiger partial charge < -0.3 is 23.7 Å². The van der Waals surface area contributed by atoms with Crippen LogP contribution in [0.4, 0.5) is 0 Å². The smallest absolute Gasteiger partial charge is 0.320 e. The number of ether oxygens (including phenoxy) is 3. The summed E-state index contributed by atoms with van der Waals surface area (Å²) in [7, 11) is -2.35. The molecule has 1 spiro atoms. The maximum Gasteiger partial charge on any atom is 0.320 e. The molecule has 0 aromatic heterocycles. The highest BCUT2D eigenvalue weighted by atomic mass is 35.5. The van der Waals surface area contributed by atoms with Gasteiger partial charge in [0.15, 0.2) is 8.32 Å². The number of rotatable bonds is 14. The molecular formula is C33H59ClO8Si. The van der Waals surface area contributed by atoms with Crippen LogP contribution < -0.4 is 0 Å². The van der Waals surface area contributed by atoms with Crippen LogP contribution in [0.2, 0.25) is 18.1 Å². The lowest BCUT2D eigenvalue weighted by Crippen LogP contribution is -2.53. The first-order valence-electron chi connectivity index (χ1n) is 16.2. The number of carbonyl (C=O) groups is 3. The molecule has 0 bridgehead atoms. The average Bonchev–Trinajstić information content (AvgIpc) is 2.85. The Morgan fingerprint density at radius 3 is 2.26 bits per heavy atom. The summed E-state index contributed by atoms with van der Waals surface area (Å²) in [6.07, 6.45) is 4.83. The van der Waals surface area contributed by atoms with Gasteiger partial charge in [-0.1, -0.05) is 61.8 Å². The normalized spacial score (nSPS) is 26.7. The van der Waals surface area contributed by atoms with Gasteiger partial charge in [-0.2, -0.15) is 0 Å². The van der Waals surface area contributed by atoms with Crippen molar-refractivity contribution < 1.29 is 38.1 Å². The van der Waals surface area contributed by atoms with E-state index in [1.54, 1.807) is 0 Å². The van der Waals surface area contributed by atoms with Crippen LogP contribution in [0, 0.1) is 23.2 Å². The average molecular weight is 647 g/mol. The summed E-state index contributed by atoms with van der Waals surface area (Å²) in [5.74, 6) is -0.750. The van der Waals surface area contributed by atoms with E-state index in [1.807, 2.05) is 26.9 Å². The first-order valence-corrected chi connectivity index (χ1v) is 19.6. The molecule has 2 rings (SSSR count). The number of halogens is 1. The number of carboxylic acid groups (broad SMARTS) is 1. The molecule has 1 aliphatic heterocycles. The van der Waals surface area contributed by atoms with Crippen molar-refractivity contribution in [2.75, 3.05) is 12.5 Å². The molecule has 0 amide bonds. The number of aliphatic carboxylic acids is 1. The number of hydrogen-bond donors (Lipinski definition) is 1. The molecule has 250 valence electrons. The molecule has 6 atom stereocenters. The zero-order valence-electron chi connectivity index (χ0n) is 28.4. The Hall–Kier alpha value is -1.16. The molecule has 1 saturated heterocycles. The SMILES string of the molecule is CC(C)[C@@H]1CC[C@@H](C)CC12CCC[C@@H](C[C@H](OC(=O)C[C@H](CC(=O)O)O[Si](C)(C)C(C)(C)C)C(C)(C)COC(=O)CCl)O2. The quantitative estimate of drug-likeness (QED) is 0.116. The zero-order chi connectivity index (χ0) is 32.8. The molecule has 8 nitrogen and oxygen atoms in total. The summed E-state index contributed by atoms with van der Waals surface area (Å²) in [6, 6.07) is 0. The van der Waals surface area contributed by atoms with Crippen LogP contribution in [0.15, 0.2) is 0 Å². The van der Waals surface area contributed by atoms with Crippen molar-refractivity contribution in [3.63, 3.8) is 0 Å². The van der Waals surface area contributed by atoms with Gasteiger partial charge in [-0.25, -0.2) is 0 Å². The van der Waals surface area contributed by atoms with E-state index in [2.05, 4.69) is 41.5 Å². The molecule has 2 aliphatic rings. The highest BCUT2D eigenvalue weighted by Gasteiger charge is 2.49. The van der Waals surface area contributed by atoms with Crippen LogP contribution in [0.5, 0.6) is 0 Å². The second-order valence-corrected chi connectivity index (χ2v) is 20.8. The molecule has 1 saturated carbocycles. The van der Waals surface area contributed by atoms with Gasteiger partial charge in [-0.05, 0) is 68.0 Å². The van der Waals surface area contributed by atoms with Gasteiger partial charge in [-0.3, -0.25) is 14.4 Å². The molecule has 2 fully saturated rings. The lowest BCUT2D eigenvalue weighted by atomic mass is 9.64. The van der Waals surface area contributed by atoms with Gasteiger partial charge in [0, 0.05) is 11.8 Å². The van der Waals surface area contributed by atoms with E-state index in [0.29, 0.717) is 24.2 Å². The van der Waals surface area contributed by atoms with Crippen LogP contribution in [-0.4, -0.2) is 67.7 Å². The molecule has 1 unspecified atom stereocenters. The Morgan fingerprint density at radius 1 is 1.05 bits per heavy atom. The van der Waals surface area contributed by atoms with Gasteiger partial charge in [0.25, 0.3) is 0 Å². The van der Waals surface area contributed by atoms with Gasteiger partial charge >= 0.3 is 17.9 Å². The van der Waals surface area contributed by atoms with E-state index in [9.17, 15) is 19.5 Å². The second-order valence-electron chi connectivity index (χ2n) is 15.7. The fraction of sp³-hybridized carbons (Fsp3) is 0.909. The van der Waals surface area contributed by atoms with Crippen molar-refractivity contribution in [3.05, 3.63) is 0 Å². The van der Waals surface area contributed by atoms with Gasteiger partial charge in [0.2, 0.25) is 0 Å². The highest BCUT2D eigenvalue weighted by molar-refractivity contribution is 6.74. The van der Waals surface area contributed by atoms with Crippen LogP contribution in [-0.2, 0) is 33.0 Å². The minimum Gasteiger partial charge on any atom is -0.481 e. The van der Waals surface area contributed by atoms with E-state index in [-0.39, 0.29) is 42.1 Å². The summed E-state index contributed by atoms with van der Waals surface area (Å²) in [5, 5.41) is 9.43. The van der Waals surface area contributed by atoms with Crippen molar-refractivity contribution in [2.45, 2.75) is 155 Å². The van der Waals surface area contributed by atoms with E-state index < -0.39 is 43.8 Å². The minimum atomic E-state index is -2.35. The molecular weight excluding hydrogens is 588 g/mol. The van der Waals surface area contributed by atoms with Gasteiger partial charge in [0.05, 0.1) is 37.3 Å². The summed E-state index contributed by atoms with van der Waals surface area (Å²) in [4.78, 5) is 37.1. The molecule has 1 N–H and O–H groups in total. The third-order valence-corrected chi connectivity index (χ3v) is 14.8. The lowest BCUT2D eigenvalue weighted by Gasteiger charge is -2.52. The van der Waals surface area contributed by atoms with Crippen LogP contribution >= 0.6 is 11.6 Å². The Morgan fingerprint density at radius 2 is 1.70 bits per heavy atom. The molecule has 43 heavy (non-hydrogen) atoms. The monoisotopic (exact) mass is 646 g/mol. The molecule has 0 aromatic carbocycles. The molecule has 0 radical (unpaired) electrons. The number of hydrogen-bond acceptors (Lipinski definition) is 7. The van der Waals surface area contributed by atoms with Gasteiger partial charge in [0.1, 0.15) is 12.0 Å². The van der Waals surface area contributed by atoms with Crippen LogP contribution in [0.1, 0.15) is 113 Å². The fourth-order valence-electron chi connectivity index (χ4n) is 6.68. The lowest BCUT2D eigenvalue weighted by molar-refractivity contribution is -0.205. The largest absolute Gasteiger partial charge is 0.481 e. The number of alkyl halides is 1. The van der Waals surface area contributed by atoms with Crippen molar-refractivity contribution in [1.82, 2.24) is 0 Å². The van der Waals surface area contributed by atoms with Crippen molar-refractivity contribution in [3.8, 4) is 0 Å². The fourth-order valence-corrected chi connectivity index (χ4v) is 8.11. The summed E-state index contributed by atoms with van der Waals surface area (Å²) >= 11 is 5.68. The first kappa shape index (κ1) is 38.0. The molecule has 10 heteroatoms. The summed E-state index contributed by atoms with van der Waals surface area (Å²) in [6.45, 7) is 21.0. The predicted molar refractivity (Wildman–Crippen MR) is 172 cm³/mol. The Kier molecular flexibility index (Phi) is 13.6. The van der Waals surface area contributed by atoms with Crippen LogP contribution in [0.3, 0.4) is 0 Å². The standard InChI is InChI=1S/C33H59ClO8Si/c1-22(2)26-14-13-23(3)19-33(26)15-11-12-24(41-33)16-27(32(7,8)21-39-30(38)20-34)40-29(37)18-25(17-28(35)36)42-43(9,10)31(4,5)6/h22-27H,11-21H2,1-10H3,(H,35,36)/t23-,24+,25+,26+,27+,33?/m1/s1. The highest BCUT2D eigenvalue weighted by Crippen LogP contribution is 2.50. The van der Waals surface area contributed by atoms with E-state index in [0.717, 1.165) is 32.1 Å².